The molecule has 0 saturated heterocycles. The van der Waals surface area contributed by atoms with Crippen molar-refractivity contribution >= 4 is 5.91 Å². The maximum atomic E-state index is 11.5. The molecule has 106 valence electrons. The largest absolute Gasteiger partial charge is 0.484 e. The summed E-state index contributed by atoms with van der Waals surface area (Å²) >= 11 is 0. The number of carbonyl (C=O) groups is 1. The summed E-state index contributed by atoms with van der Waals surface area (Å²) in [5.74, 6) is 1.05. The Labute approximate surface area is 114 Å². The first-order valence-electron chi connectivity index (χ1n) is 6.66. The Morgan fingerprint density at radius 3 is 2.74 bits per heavy atom. The molecule has 0 aliphatic rings. The Hall–Kier alpha value is -1.55. The van der Waals surface area contributed by atoms with Gasteiger partial charge in [0, 0.05) is 6.54 Å². The summed E-state index contributed by atoms with van der Waals surface area (Å²) < 4.78 is 5.39. The number of amides is 1. The van der Waals surface area contributed by atoms with Crippen LogP contribution in [0.1, 0.15) is 38.9 Å². The first-order valence-corrected chi connectivity index (χ1v) is 6.66. The zero-order valence-corrected chi connectivity index (χ0v) is 11.8. The van der Waals surface area contributed by atoms with Crippen LogP contribution in [0.15, 0.2) is 24.3 Å². The van der Waals surface area contributed by atoms with Crippen molar-refractivity contribution in [1.82, 2.24) is 5.32 Å². The Balaban J connectivity index is 2.35. The fourth-order valence-electron chi connectivity index (χ4n) is 1.56. The number of carbonyl (C=O) groups excluding carboxylic acids is 1. The first kappa shape index (κ1) is 15.5. The number of hydrogen-bond donors (Lipinski definition) is 2. The molecule has 4 heteroatoms. The molecule has 0 aliphatic heterocycles. The van der Waals surface area contributed by atoms with E-state index in [9.17, 15) is 9.90 Å². The minimum atomic E-state index is -0.539. The Bertz CT molecular complexity index is 402. The monoisotopic (exact) mass is 265 g/mol. The average Bonchev–Trinajstić information content (AvgIpc) is 2.36. The van der Waals surface area contributed by atoms with Gasteiger partial charge in [0.1, 0.15) is 5.75 Å². The van der Waals surface area contributed by atoms with Gasteiger partial charge in [0.25, 0.3) is 5.91 Å². The molecule has 1 aromatic carbocycles. The third-order valence-electron chi connectivity index (χ3n) is 2.75. The number of benzene rings is 1. The molecule has 2 N–H and O–H groups in total. The van der Waals surface area contributed by atoms with Crippen molar-refractivity contribution in [2.75, 3.05) is 13.2 Å². The van der Waals surface area contributed by atoms with Crippen LogP contribution in [0.3, 0.4) is 0 Å². The lowest BCUT2D eigenvalue weighted by atomic mass is 10.1. The number of aliphatic hydroxyl groups excluding tert-OH is 1. The van der Waals surface area contributed by atoms with Gasteiger partial charge in [-0.25, -0.2) is 0 Å². The number of aliphatic hydroxyl groups is 1. The second-order valence-corrected chi connectivity index (χ2v) is 5.07. The van der Waals surface area contributed by atoms with Crippen LogP contribution in [0.25, 0.3) is 0 Å². The van der Waals surface area contributed by atoms with Crippen LogP contribution >= 0.6 is 0 Å². The standard InChI is InChI=1S/C15H23NO3/c1-11(2)7-8-16-15(18)10-19-14-6-4-5-13(9-14)12(3)17/h4-6,9,11-12,17H,7-8,10H2,1-3H3,(H,16,18). The maximum absolute atomic E-state index is 11.5. The quantitative estimate of drug-likeness (QED) is 0.795. The molecule has 1 amide bonds. The van der Waals surface area contributed by atoms with Crippen molar-refractivity contribution in [1.29, 1.82) is 0 Å². The molecule has 4 nitrogen and oxygen atoms in total. The molecule has 1 unspecified atom stereocenters. The highest BCUT2D eigenvalue weighted by Crippen LogP contribution is 2.18. The van der Waals surface area contributed by atoms with E-state index in [0.29, 0.717) is 18.2 Å². The molecule has 19 heavy (non-hydrogen) atoms. The molecular formula is C15H23NO3. The topological polar surface area (TPSA) is 58.6 Å². The van der Waals surface area contributed by atoms with E-state index in [2.05, 4.69) is 19.2 Å². The van der Waals surface area contributed by atoms with Gasteiger partial charge in [0.05, 0.1) is 6.10 Å². The zero-order valence-electron chi connectivity index (χ0n) is 11.8. The molecule has 0 radical (unpaired) electrons. The summed E-state index contributed by atoms with van der Waals surface area (Å²) in [6, 6.07) is 7.13. The third-order valence-corrected chi connectivity index (χ3v) is 2.75. The SMILES string of the molecule is CC(C)CCNC(=O)COc1cccc(C(C)O)c1. The van der Waals surface area contributed by atoms with E-state index in [4.69, 9.17) is 4.74 Å². The highest BCUT2D eigenvalue weighted by atomic mass is 16.5. The van der Waals surface area contributed by atoms with Crippen molar-refractivity contribution in [2.45, 2.75) is 33.3 Å². The van der Waals surface area contributed by atoms with Crippen LogP contribution in [0.5, 0.6) is 5.75 Å². The van der Waals surface area contributed by atoms with Crippen LogP contribution in [-0.2, 0) is 4.79 Å². The summed E-state index contributed by atoms with van der Waals surface area (Å²) in [5, 5.41) is 12.3. The summed E-state index contributed by atoms with van der Waals surface area (Å²) in [4.78, 5) is 11.5. The van der Waals surface area contributed by atoms with Gasteiger partial charge in [-0.05, 0) is 37.0 Å². The third kappa shape index (κ3) is 6.25. The number of nitrogens with one attached hydrogen (secondary N) is 1. The van der Waals surface area contributed by atoms with Crippen LogP contribution in [0, 0.1) is 5.92 Å². The van der Waals surface area contributed by atoms with E-state index in [1.54, 1.807) is 25.1 Å². The Kier molecular flexibility index (Phi) is 6.36. The lowest BCUT2D eigenvalue weighted by molar-refractivity contribution is -0.123. The lowest BCUT2D eigenvalue weighted by Gasteiger charge is -2.10. The summed E-state index contributed by atoms with van der Waals surface area (Å²) in [5.41, 5.74) is 0.776. The molecule has 0 saturated carbocycles. The van der Waals surface area contributed by atoms with Crippen molar-refractivity contribution in [3.8, 4) is 5.75 Å². The lowest BCUT2D eigenvalue weighted by Crippen LogP contribution is -2.30. The number of hydrogen-bond acceptors (Lipinski definition) is 3. The van der Waals surface area contributed by atoms with E-state index in [1.165, 1.54) is 0 Å². The highest BCUT2D eigenvalue weighted by Gasteiger charge is 2.05. The number of rotatable bonds is 7. The van der Waals surface area contributed by atoms with Crippen molar-refractivity contribution in [3.63, 3.8) is 0 Å². The molecule has 0 aromatic heterocycles. The predicted molar refractivity (Wildman–Crippen MR) is 75.0 cm³/mol. The summed E-state index contributed by atoms with van der Waals surface area (Å²) in [6.07, 6.45) is 0.423. The molecule has 1 rings (SSSR count). The van der Waals surface area contributed by atoms with Crippen LogP contribution in [0.2, 0.25) is 0 Å². The van der Waals surface area contributed by atoms with Gasteiger partial charge in [0.2, 0.25) is 0 Å². The first-order chi connectivity index (χ1) is 8.99. The van der Waals surface area contributed by atoms with E-state index in [1.807, 2.05) is 6.07 Å². The fourth-order valence-corrected chi connectivity index (χ4v) is 1.56. The smallest absolute Gasteiger partial charge is 0.257 e. The highest BCUT2D eigenvalue weighted by molar-refractivity contribution is 5.77. The van der Waals surface area contributed by atoms with Gasteiger partial charge < -0.3 is 15.2 Å². The van der Waals surface area contributed by atoms with E-state index >= 15 is 0 Å². The van der Waals surface area contributed by atoms with Gasteiger partial charge in [-0.3, -0.25) is 4.79 Å². The molecule has 1 aromatic rings. The second kappa shape index (κ2) is 7.79. The van der Waals surface area contributed by atoms with E-state index in [0.717, 1.165) is 12.0 Å². The van der Waals surface area contributed by atoms with Gasteiger partial charge >= 0.3 is 0 Å². The van der Waals surface area contributed by atoms with Gasteiger partial charge in [-0.2, -0.15) is 0 Å². The molecule has 0 heterocycles. The van der Waals surface area contributed by atoms with Gasteiger partial charge in [-0.15, -0.1) is 0 Å². The molecule has 0 fully saturated rings. The predicted octanol–water partition coefficient (Wildman–Crippen LogP) is 2.28. The van der Waals surface area contributed by atoms with Gasteiger partial charge in [0.15, 0.2) is 6.61 Å². The fraction of sp³-hybridized carbons (Fsp3) is 0.533. The molecule has 0 spiro atoms. The minimum Gasteiger partial charge on any atom is -0.484 e. The van der Waals surface area contributed by atoms with Crippen molar-refractivity contribution < 1.29 is 14.6 Å². The zero-order chi connectivity index (χ0) is 14.3. The average molecular weight is 265 g/mol. The Morgan fingerprint density at radius 2 is 2.11 bits per heavy atom. The minimum absolute atomic E-state index is 0.00135. The second-order valence-electron chi connectivity index (χ2n) is 5.07. The Morgan fingerprint density at radius 1 is 1.37 bits per heavy atom. The van der Waals surface area contributed by atoms with Crippen molar-refractivity contribution in [3.05, 3.63) is 29.8 Å². The van der Waals surface area contributed by atoms with E-state index < -0.39 is 6.10 Å². The van der Waals surface area contributed by atoms with Gasteiger partial charge in [-0.1, -0.05) is 26.0 Å². The molecule has 0 bridgehead atoms. The van der Waals surface area contributed by atoms with Crippen LogP contribution in [0.4, 0.5) is 0 Å². The normalized spacial score (nSPS) is 12.3. The molecule has 1 atom stereocenters. The molecular weight excluding hydrogens is 242 g/mol. The number of ether oxygens (including phenoxy) is 1. The van der Waals surface area contributed by atoms with Crippen molar-refractivity contribution in [2.24, 2.45) is 5.92 Å². The van der Waals surface area contributed by atoms with Crippen LogP contribution < -0.4 is 10.1 Å². The summed E-state index contributed by atoms with van der Waals surface area (Å²) in [7, 11) is 0. The summed E-state index contributed by atoms with van der Waals surface area (Å²) in [6.45, 7) is 6.60. The maximum Gasteiger partial charge on any atom is 0.257 e. The van der Waals surface area contributed by atoms with Crippen LogP contribution in [-0.4, -0.2) is 24.2 Å². The molecule has 0 aliphatic carbocycles. The van der Waals surface area contributed by atoms with E-state index in [-0.39, 0.29) is 12.5 Å².